The number of nitrogen functional groups attached to an aromatic ring is 1. The summed E-state index contributed by atoms with van der Waals surface area (Å²) in [6.07, 6.45) is 2.86. The first kappa shape index (κ1) is 16.3. The van der Waals surface area contributed by atoms with E-state index in [2.05, 4.69) is 16.5 Å². The van der Waals surface area contributed by atoms with E-state index in [0.717, 1.165) is 44.5 Å². The van der Waals surface area contributed by atoms with Crippen molar-refractivity contribution in [3.05, 3.63) is 23.8 Å². The van der Waals surface area contributed by atoms with Crippen LogP contribution in [-0.2, 0) is 10.0 Å². The lowest BCUT2D eigenvalue weighted by molar-refractivity contribution is 0.208. The largest absolute Gasteiger partial charge is 0.399 e. The molecule has 0 aromatic heterocycles. The molecule has 1 aromatic rings. The molecule has 1 aliphatic rings. The Hall–Kier alpha value is -1.11. The number of anilines is 1. The summed E-state index contributed by atoms with van der Waals surface area (Å²) in [6.45, 7) is 7.01. The van der Waals surface area contributed by atoms with Gasteiger partial charge in [-0.3, -0.25) is 0 Å². The summed E-state index contributed by atoms with van der Waals surface area (Å²) in [4.78, 5) is 2.64. The summed E-state index contributed by atoms with van der Waals surface area (Å²) in [5.74, 6) is 0. The molecule has 1 saturated heterocycles. The standard InChI is InChI=1S/C15H25N3O2S/c1-3-6-18-7-4-14(5-8-18)17-21(19,20)15-10-12(2)9-13(16)11-15/h9-11,14,17H,3-8,16H2,1-2H3. The lowest BCUT2D eigenvalue weighted by atomic mass is 10.1. The number of benzene rings is 1. The maximum atomic E-state index is 12.4. The van der Waals surface area contributed by atoms with Gasteiger partial charge in [-0.15, -0.1) is 0 Å². The van der Waals surface area contributed by atoms with Crippen molar-refractivity contribution >= 4 is 15.7 Å². The molecule has 2 rings (SSSR count). The Balaban J connectivity index is 2.02. The van der Waals surface area contributed by atoms with Crippen molar-refractivity contribution in [1.82, 2.24) is 9.62 Å². The SMILES string of the molecule is CCCN1CCC(NS(=O)(=O)c2cc(C)cc(N)c2)CC1. The molecule has 0 bridgehead atoms. The molecule has 0 spiro atoms. The van der Waals surface area contributed by atoms with Gasteiger partial charge in [0, 0.05) is 11.7 Å². The molecule has 0 saturated carbocycles. The number of likely N-dealkylation sites (tertiary alicyclic amines) is 1. The predicted molar refractivity (Wildman–Crippen MR) is 85.7 cm³/mol. The minimum Gasteiger partial charge on any atom is -0.399 e. The average Bonchev–Trinajstić information content (AvgIpc) is 2.40. The second kappa shape index (κ2) is 6.77. The van der Waals surface area contributed by atoms with E-state index in [1.165, 1.54) is 6.07 Å². The summed E-state index contributed by atoms with van der Waals surface area (Å²) in [7, 11) is -3.48. The van der Waals surface area contributed by atoms with Gasteiger partial charge in [0.05, 0.1) is 4.90 Å². The third-order valence-electron chi connectivity index (χ3n) is 3.83. The zero-order chi connectivity index (χ0) is 15.5. The maximum Gasteiger partial charge on any atom is 0.240 e. The van der Waals surface area contributed by atoms with Crippen molar-refractivity contribution in [2.45, 2.75) is 44.0 Å². The van der Waals surface area contributed by atoms with Crippen LogP contribution in [-0.4, -0.2) is 39.0 Å². The highest BCUT2D eigenvalue weighted by molar-refractivity contribution is 7.89. The Labute approximate surface area is 127 Å². The zero-order valence-electron chi connectivity index (χ0n) is 12.8. The molecule has 0 amide bonds. The summed E-state index contributed by atoms with van der Waals surface area (Å²) in [5, 5.41) is 0. The quantitative estimate of drug-likeness (QED) is 0.812. The molecule has 1 fully saturated rings. The molecule has 0 unspecified atom stereocenters. The van der Waals surface area contributed by atoms with Gasteiger partial charge in [0.2, 0.25) is 10.0 Å². The van der Waals surface area contributed by atoms with Crippen LogP contribution < -0.4 is 10.5 Å². The molecule has 1 heterocycles. The van der Waals surface area contributed by atoms with Crippen LogP contribution in [0.2, 0.25) is 0 Å². The second-order valence-corrected chi connectivity index (χ2v) is 7.53. The molecule has 0 radical (unpaired) electrons. The van der Waals surface area contributed by atoms with Gasteiger partial charge < -0.3 is 10.6 Å². The van der Waals surface area contributed by atoms with Crippen molar-refractivity contribution in [2.75, 3.05) is 25.4 Å². The van der Waals surface area contributed by atoms with Crippen LogP contribution in [0.1, 0.15) is 31.7 Å². The smallest absolute Gasteiger partial charge is 0.240 e. The normalized spacial score (nSPS) is 18.0. The summed E-state index contributed by atoms with van der Waals surface area (Å²) >= 11 is 0. The monoisotopic (exact) mass is 311 g/mol. The van der Waals surface area contributed by atoms with Gasteiger partial charge in [-0.05, 0) is 69.6 Å². The second-order valence-electron chi connectivity index (χ2n) is 5.82. The lowest BCUT2D eigenvalue weighted by Crippen LogP contribution is -2.44. The molecule has 5 nitrogen and oxygen atoms in total. The number of hydrogen-bond acceptors (Lipinski definition) is 4. The molecule has 21 heavy (non-hydrogen) atoms. The first-order chi connectivity index (χ1) is 9.90. The van der Waals surface area contributed by atoms with Gasteiger partial charge in [-0.1, -0.05) is 6.92 Å². The van der Waals surface area contributed by atoms with E-state index in [9.17, 15) is 8.42 Å². The molecule has 1 aromatic carbocycles. The van der Waals surface area contributed by atoms with E-state index in [0.29, 0.717) is 5.69 Å². The molecule has 0 aliphatic carbocycles. The van der Waals surface area contributed by atoms with E-state index in [1.807, 2.05) is 6.92 Å². The van der Waals surface area contributed by atoms with E-state index in [-0.39, 0.29) is 10.9 Å². The Kier molecular flexibility index (Phi) is 5.24. The highest BCUT2D eigenvalue weighted by atomic mass is 32.2. The molecular weight excluding hydrogens is 286 g/mol. The summed E-state index contributed by atoms with van der Waals surface area (Å²) in [5.41, 5.74) is 7.08. The van der Waals surface area contributed by atoms with Crippen LogP contribution in [0.15, 0.2) is 23.1 Å². The third-order valence-corrected chi connectivity index (χ3v) is 5.33. The van der Waals surface area contributed by atoms with E-state index in [4.69, 9.17) is 5.73 Å². The zero-order valence-corrected chi connectivity index (χ0v) is 13.6. The number of nitrogens with two attached hydrogens (primary N) is 1. The van der Waals surface area contributed by atoms with Gasteiger partial charge in [0.1, 0.15) is 0 Å². The Morgan fingerprint density at radius 3 is 2.52 bits per heavy atom. The number of sulfonamides is 1. The van der Waals surface area contributed by atoms with E-state index >= 15 is 0 Å². The number of nitrogens with one attached hydrogen (secondary N) is 1. The molecule has 1 aliphatic heterocycles. The predicted octanol–water partition coefficient (Wildman–Crippen LogP) is 1.73. The van der Waals surface area contributed by atoms with Gasteiger partial charge in [0.15, 0.2) is 0 Å². The fraction of sp³-hybridized carbons (Fsp3) is 0.600. The van der Waals surface area contributed by atoms with Crippen molar-refractivity contribution < 1.29 is 8.42 Å². The van der Waals surface area contributed by atoms with Crippen molar-refractivity contribution in [1.29, 1.82) is 0 Å². The Bertz CT molecular complexity index is 558. The molecule has 118 valence electrons. The highest BCUT2D eigenvalue weighted by Gasteiger charge is 2.24. The van der Waals surface area contributed by atoms with Crippen molar-refractivity contribution in [3.8, 4) is 0 Å². The molecule has 6 heteroatoms. The van der Waals surface area contributed by atoms with Crippen LogP contribution in [0.3, 0.4) is 0 Å². The Morgan fingerprint density at radius 2 is 1.95 bits per heavy atom. The number of nitrogens with zero attached hydrogens (tertiary/aromatic N) is 1. The molecule has 3 N–H and O–H groups in total. The van der Waals surface area contributed by atoms with Gasteiger partial charge in [0.25, 0.3) is 0 Å². The highest BCUT2D eigenvalue weighted by Crippen LogP contribution is 2.18. The fourth-order valence-corrected chi connectivity index (χ4v) is 4.25. The Morgan fingerprint density at radius 1 is 1.29 bits per heavy atom. The minimum absolute atomic E-state index is 0.0184. The minimum atomic E-state index is -3.48. The van der Waals surface area contributed by atoms with Gasteiger partial charge in [-0.2, -0.15) is 0 Å². The fourth-order valence-electron chi connectivity index (χ4n) is 2.81. The first-order valence-corrected chi connectivity index (χ1v) is 9.01. The number of hydrogen-bond donors (Lipinski definition) is 2. The lowest BCUT2D eigenvalue weighted by Gasteiger charge is -2.31. The van der Waals surface area contributed by atoms with Crippen molar-refractivity contribution in [2.24, 2.45) is 0 Å². The van der Waals surface area contributed by atoms with E-state index < -0.39 is 10.0 Å². The maximum absolute atomic E-state index is 12.4. The van der Waals surface area contributed by atoms with Crippen LogP contribution in [0.4, 0.5) is 5.69 Å². The molecule has 0 atom stereocenters. The van der Waals surface area contributed by atoms with Crippen LogP contribution >= 0.6 is 0 Å². The van der Waals surface area contributed by atoms with E-state index in [1.54, 1.807) is 12.1 Å². The van der Waals surface area contributed by atoms with Crippen molar-refractivity contribution in [3.63, 3.8) is 0 Å². The van der Waals surface area contributed by atoms with Crippen LogP contribution in [0.25, 0.3) is 0 Å². The van der Waals surface area contributed by atoms with Gasteiger partial charge in [-0.25, -0.2) is 13.1 Å². The summed E-state index contributed by atoms with van der Waals surface area (Å²) < 4.78 is 27.7. The van der Waals surface area contributed by atoms with Crippen LogP contribution in [0.5, 0.6) is 0 Å². The average molecular weight is 311 g/mol. The number of piperidine rings is 1. The van der Waals surface area contributed by atoms with Gasteiger partial charge >= 0.3 is 0 Å². The van der Waals surface area contributed by atoms with Crippen LogP contribution in [0, 0.1) is 6.92 Å². The topological polar surface area (TPSA) is 75.4 Å². The molecular formula is C15H25N3O2S. The summed E-state index contributed by atoms with van der Waals surface area (Å²) in [6, 6.07) is 4.96. The number of aryl methyl sites for hydroxylation is 1. The first-order valence-electron chi connectivity index (χ1n) is 7.52. The third kappa shape index (κ3) is 4.43. The number of rotatable bonds is 5.